The lowest BCUT2D eigenvalue weighted by Crippen LogP contribution is -2.64. The van der Waals surface area contributed by atoms with Gasteiger partial charge in [0.2, 0.25) is 35.4 Å². The summed E-state index contributed by atoms with van der Waals surface area (Å²) in [7, 11) is 1.56. The van der Waals surface area contributed by atoms with Gasteiger partial charge in [-0.2, -0.15) is 0 Å². The van der Waals surface area contributed by atoms with Gasteiger partial charge in [0.1, 0.15) is 24.2 Å². The summed E-state index contributed by atoms with van der Waals surface area (Å²) in [5, 5.41) is 31.6. The molecule has 59 heavy (non-hydrogen) atoms. The summed E-state index contributed by atoms with van der Waals surface area (Å²) in [4.78, 5) is 99.8. The molecule has 330 valence electrons. The van der Waals surface area contributed by atoms with E-state index in [0.29, 0.717) is 38.8 Å². The molecule has 1 unspecified atom stereocenters. The molecule has 15 heteroatoms. The second-order valence-corrected chi connectivity index (χ2v) is 19.1. The fraction of sp³-hybridized carbons (Fsp3) is 0.705. The van der Waals surface area contributed by atoms with Crippen LogP contribution in [0, 0.1) is 22.2 Å². The minimum Gasteiger partial charge on any atom is -0.481 e. The van der Waals surface area contributed by atoms with Crippen LogP contribution < -0.4 is 21.3 Å². The number of likely N-dealkylation sites (N-methyl/N-ethyl adjacent to an activating group) is 1. The molecule has 1 aromatic rings. The number of likely N-dealkylation sites (tertiary alicyclic amines) is 1. The van der Waals surface area contributed by atoms with Gasteiger partial charge in [-0.3, -0.25) is 33.6 Å². The fourth-order valence-corrected chi connectivity index (χ4v) is 8.31. The Kier molecular flexibility index (Phi) is 17.5. The van der Waals surface area contributed by atoms with E-state index in [0.717, 1.165) is 18.4 Å². The Balaban J connectivity index is 1.93. The first-order valence-corrected chi connectivity index (χ1v) is 21.1. The molecule has 0 radical (unpaired) electrons. The van der Waals surface area contributed by atoms with Crippen LogP contribution in [0.1, 0.15) is 119 Å². The van der Waals surface area contributed by atoms with Gasteiger partial charge in [0, 0.05) is 26.6 Å². The van der Waals surface area contributed by atoms with Crippen LogP contribution in [0.15, 0.2) is 30.3 Å². The van der Waals surface area contributed by atoms with Gasteiger partial charge >= 0.3 is 5.97 Å². The summed E-state index contributed by atoms with van der Waals surface area (Å²) in [6.07, 6.45) is 3.31. The zero-order valence-electron chi connectivity index (χ0n) is 36.7. The average Bonchev–Trinajstić information content (AvgIpc) is 3.88. The molecule has 1 aromatic carbocycles. The molecule has 1 saturated heterocycles. The lowest BCUT2D eigenvalue weighted by atomic mass is 9.77. The van der Waals surface area contributed by atoms with E-state index in [1.165, 1.54) is 4.90 Å². The van der Waals surface area contributed by atoms with Gasteiger partial charge in [0.05, 0.1) is 24.5 Å². The van der Waals surface area contributed by atoms with Crippen molar-refractivity contribution in [2.24, 2.45) is 22.2 Å². The summed E-state index contributed by atoms with van der Waals surface area (Å²) in [5.41, 5.74) is -1.92. The molecule has 6 N–H and O–H groups in total. The molecule has 3 rings (SSSR count). The van der Waals surface area contributed by atoms with Gasteiger partial charge in [-0.25, -0.2) is 0 Å². The number of hydrogen-bond donors (Lipinski definition) is 6. The monoisotopic (exact) mass is 827 g/mol. The van der Waals surface area contributed by atoms with Gasteiger partial charge in [0.25, 0.3) is 0 Å². The number of carbonyl (C=O) groups excluding carboxylic acids is 6. The maximum atomic E-state index is 14.4. The van der Waals surface area contributed by atoms with E-state index in [1.807, 2.05) is 51.1 Å². The zero-order chi connectivity index (χ0) is 44.3. The number of aliphatic hydroxyl groups is 1. The third kappa shape index (κ3) is 13.8. The Morgan fingerprint density at radius 3 is 1.90 bits per heavy atom. The molecule has 1 aliphatic heterocycles. The van der Waals surface area contributed by atoms with Crippen molar-refractivity contribution in [3.8, 4) is 0 Å². The number of amides is 6. The van der Waals surface area contributed by atoms with Gasteiger partial charge in [-0.15, -0.1) is 0 Å². The van der Waals surface area contributed by atoms with Crippen molar-refractivity contribution in [1.82, 2.24) is 31.1 Å². The van der Waals surface area contributed by atoms with E-state index >= 15 is 0 Å². The Morgan fingerprint density at radius 1 is 0.797 bits per heavy atom. The zero-order valence-corrected chi connectivity index (χ0v) is 36.7. The third-order valence-corrected chi connectivity index (χ3v) is 11.5. The topological polar surface area (TPSA) is 215 Å². The Bertz CT molecular complexity index is 1620. The van der Waals surface area contributed by atoms with Crippen LogP contribution in [-0.2, 0) is 40.0 Å². The highest BCUT2D eigenvalue weighted by Gasteiger charge is 2.53. The molecule has 5 atom stereocenters. The molecule has 2 aliphatic rings. The van der Waals surface area contributed by atoms with Crippen molar-refractivity contribution in [1.29, 1.82) is 0 Å². The van der Waals surface area contributed by atoms with E-state index in [4.69, 9.17) is 0 Å². The van der Waals surface area contributed by atoms with Crippen molar-refractivity contribution in [2.45, 2.75) is 150 Å². The molecule has 0 spiro atoms. The van der Waals surface area contributed by atoms with Crippen molar-refractivity contribution < 1.29 is 43.8 Å². The number of carboxylic acids is 1. The van der Waals surface area contributed by atoms with Gasteiger partial charge < -0.3 is 41.3 Å². The first-order valence-electron chi connectivity index (χ1n) is 21.1. The molecule has 0 aromatic heterocycles. The number of hydrogen-bond acceptors (Lipinski definition) is 8. The normalized spacial score (nSPS) is 17.9. The molecule has 6 amide bonds. The van der Waals surface area contributed by atoms with E-state index < -0.39 is 89.6 Å². The molecule has 1 saturated carbocycles. The van der Waals surface area contributed by atoms with Crippen LogP contribution in [0.4, 0.5) is 0 Å². The number of aliphatic carboxylic acids is 1. The summed E-state index contributed by atoms with van der Waals surface area (Å²) < 4.78 is 0. The first kappa shape index (κ1) is 48.8. The van der Waals surface area contributed by atoms with Crippen molar-refractivity contribution in [3.63, 3.8) is 0 Å². The Labute approximate surface area is 350 Å². The molecular weight excluding hydrogens is 757 g/mol. The number of nitrogens with zero attached hydrogens (tertiary/aromatic N) is 2. The maximum Gasteiger partial charge on any atom is 0.312 e. The van der Waals surface area contributed by atoms with Gasteiger partial charge in [0.15, 0.2) is 0 Å². The van der Waals surface area contributed by atoms with E-state index in [2.05, 4.69) is 21.3 Å². The second kappa shape index (κ2) is 21.1. The van der Waals surface area contributed by atoms with Crippen molar-refractivity contribution in [2.75, 3.05) is 26.7 Å². The predicted octanol–water partition coefficient (Wildman–Crippen LogP) is 3.17. The van der Waals surface area contributed by atoms with E-state index in [-0.39, 0.29) is 36.5 Å². The SMILES string of the molecule is CC(C)[C@@H](C(=O)N[C@H](C(=O)N[C@@H](CC(=O)N1CCCC1)C(=O)N[C@H](C(=O)NC(CO)CC(C)(C)C)C1(C(=O)O)CCCC1)C(C)(C)C)N(C)C(=O)CCc1ccccc1. The number of aryl methyl sites for hydroxylation is 1. The Morgan fingerprint density at radius 2 is 1.39 bits per heavy atom. The molecule has 1 aliphatic carbocycles. The smallest absolute Gasteiger partial charge is 0.312 e. The lowest BCUT2D eigenvalue weighted by Gasteiger charge is -2.37. The number of carbonyl (C=O) groups is 7. The summed E-state index contributed by atoms with van der Waals surface area (Å²) in [6, 6.07) is 3.46. The number of rotatable bonds is 19. The predicted molar refractivity (Wildman–Crippen MR) is 223 cm³/mol. The molecule has 0 bridgehead atoms. The van der Waals surface area contributed by atoms with Crippen LogP contribution >= 0.6 is 0 Å². The van der Waals surface area contributed by atoms with Gasteiger partial charge in [-0.1, -0.05) is 98.6 Å². The van der Waals surface area contributed by atoms with Crippen LogP contribution in [-0.4, -0.2) is 118 Å². The first-order chi connectivity index (χ1) is 27.5. The molecule has 1 heterocycles. The fourth-order valence-electron chi connectivity index (χ4n) is 8.31. The minimum atomic E-state index is -1.67. The standard InChI is InChI=1S/C44H70N6O9/c1-28(2)34(49(9)32(52)20-19-29-17-11-10-12-18-29)38(55)47-35(43(6,7)8)39(56)46-31(25-33(53)50-23-15-16-24-50)37(54)48-36(44(41(58)59)21-13-14-22-44)40(57)45-30(27-51)26-42(3,4)5/h10-12,17-18,28,30-31,34-36,51H,13-16,19-27H2,1-9H3,(H,45,57)(H,46,56)(H,47,55)(H,48,54)(H,58,59)/t30?,31-,34-,35+,36+/m0/s1. The highest BCUT2D eigenvalue weighted by molar-refractivity contribution is 5.99. The van der Waals surface area contributed by atoms with Crippen molar-refractivity contribution >= 4 is 41.4 Å². The summed E-state index contributed by atoms with van der Waals surface area (Å²) in [6.45, 7) is 15.1. The second-order valence-electron chi connectivity index (χ2n) is 19.1. The van der Waals surface area contributed by atoms with Crippen molar-refractivity contribution in [3.05, 3.63) is 35.9 Å². The number of benzene rings is 1. The molecular formula is C44H70N6O9. The summed E-state index contributed by atoms with van der Waals surface area (Å²) in [5.74, 6) is -5.33. The van der Waals surface area contributed by atoms with Crippen LogP contribution in [0.25, 0.3) is 0 Å². The van der Waals surface area contributed by atoms with Crippen LogP contribution in [0.5, 0.6) is 0 Å². The highest BCUT2D eigenvalue weighted by atomic mass is 16.4. The quantitative estimate of drug-likeness (QED) is 0.121. The highest BCUT2D eigenvalue weighted by Crippen LogP contribution is 2.42. The summed E-state index contributed by atoms with van der Waals surface area (Å²) >= 11 is 0. The number of aliphatic hydroxyl groups excluding tert-OH is 1. The number of carboxylic acid groups (broad SMARTS) is 1. The molecule has 15 nitrogen and oxygen atoms in total. The third-order valence-electron chi connectivity index (χ3n) is 11.5. The minimum absolute atomic E-state index is 0.103. The van der Waals surface area contributed by atoms with Gasteiger partial charge in [-0.05, 0) is 60.8 Å². The lowest BCUT2D eigenvalue weighted by molar-refractivity contribution is -0.155. The number of nitrogens with one attached hydrogen (secondary N) is 4. The van der Waals surface area contributed by atoms with E-state index in [9.17, 15) is 43.8 Å². The van der Waals surface area contributed by atoms with E-state index in [1.54, 1.807) is 46.6 Å². The van der Waals surface area contributed by atoms with Crippen LogP contribution in [0.3, 0.4) is 0 Å². The largest absolute Gasteiger partial charge is 0.481 e. The average molecular weight is 827 g/mol. The van der Waals surface area contributed by atoms with Crippen LogP contribution in [0.2, 0.25) is 0 Å². The molecule has 2 fully saturated rings. The Hall–Kier alpha value is -4.53. The maximum absolute atomic E-state index is 14.4.